The number of fused-ring (bicyclic) bond motifs is 1. The van der Waals surface area contributed by atoms with Crippen molar-refractivity contribution in [2.75, 3.05) is 5.73 Å². The minimum Gasteiger partial charge on any atom is -0.423 e. The molecule has 14 heavy (non-hydrogen) atoms. The van der Waals surface area contributed by atoms with Gasteiger partial charge in [-0.15, -0.1) is 11.3 Å². The zero-order valence-electron chi connectivity index (χ0n) is 7.07. The van der Waals surface area contributed by atoms with Gasteiger partial charge in [-0.25, -0.2) is 0 Å². The van der Waals surface area contributed by atoms with Crippen LogP contribution in [0, 0.1) is 0 Å². The molecule has 72 valence electrons. The molecule has 0 saturated carbocycles. The average Bonchev–Trinajstić information content (AvgIpc) is 2.42. The van der Waals surface area contributed by atoms with E-state index in [1.165, 1.54) is 17.4 Å². The summed E-state index contributed by atoms with van der Waals surface area (Å²) in [7, 11) is -1.52. The lowest BCUT2D eigenvalue weighted by Crippen LogP contribution is -2.30. The van der Waals surface area contributed by atoms with Gasteiger partial charge in [0.1, 0.15) is 0 Å². The number of nitrogen functional groups attached to an aromatic ring is 1. The van der Waals surface area contributed by atoms with E-state index < -0.39 is 7.12 Å². The number of nitrogens with two attached hydrogens (primary N) is 1. The Labute approximate surface area is 89.9 Å². The Kier molecular flexibility index (Phi) is 2.40. The summed E-state index contributed by atoms with van der Waals surface area (Å²) in [4.78, 5) is 0. The Hall–Kier alpha value is -0.745. The molecule has 0 aliphatic heterocycles. The zero-order valence-corrected chi connectivity index (χ0v) is 8.64. The molecule has 0 aliphatic carbocycles. The van der Waals surface area contributed by atoms with E-state index >= 15 is 0 Å². The molecular weight excluding hydrogens is 220 g/mol. The summed E-state index contributed by atoms with van der Waals surface area (Å²) in [6, 6.07) is 5.00. The van der Waals surface area contributed by atoms with Crippen LogP contribution in [0.15, 0.2) is 18.2 Å². The fourth-order valence-electron chi connectivity index (χ4n) is 1.37. The molecule has 0 amide bonds. The van der Waals surface area contributed by atoms with E-state index in [9.17, 15) is 0 Å². The molecule has 0 aliphatic rings. The Morgan fingerprint density at radius 3 is 2.64 bits per heavy atom. The van der Waals surface area contributed by atoms with Crippen molar-refractivity contribution >= 4 is 51.3 Å². The van der Waals surface area contributed by atoms with Crippen LogP contribution >= 0.6 is 22.9 Å². The molecule has 2 aromatic rings. The molecule has 0 radical (unpaired) electrons. The first-order valence-electron chi connectivity index (χ1n) is 3.92. The molecule has 2 rings (SSSR count). The highest BCUT2D eigenvalue weighted by Crippen LogP contribution is 2.29. The first kappa shape index (κ1) is 9.80. The normalized spacial score (nSPS) is 10.8. The highest BCUT2D eigenvalue weighted by molar-refractivity contribution is 7.22. The maximum absolute atomic E-state index is 9.12. The smallest absolute Gasteiger partial charge is 0.423 e. The van der Waals surface area contributed by atoms with Gasteiger partial charge in [-0.3, -0.25) is 0 Å². The van der Waals surface area contributed by atoms with Crippen LogP contribution in [-0.4, -0.2) is 17.2 Å². The van der Waals surface area contributed by atoms with Gasteiger partial charge in [0, 0.05) is 10.4 Å². The average molecular weight is 227 g/mol. The lowest BCUT2D eigenvalue weighted by atomic mass is 9.78. The highest BCUT2D eigenvalue weighted by Gasteiger charge is 2.16. The Bertz CT molecular complexity index is 485. The molecule has 0 unspecified atom stereocenters. The van der Waals surface area contributed by atoms with Gasteiger partial charge in [-0.05, 0) is 29.0 Å². The summed E-state index contributed by atoms with van der Waals surface area (Å²) in [5.74, 6) is 0. The number of benzene rings is 1. The van der Waals surface area contributed by atoms with Crippen LogP contribution < -0.4 is 11.2 Å². The predicted molar refractivity (Wildman–Crippen MR) is 61.1 cm³/mol. The third kappa shape index (κ3) is 1.59. The van der Waals surface area contributed by atoms with Crippen LogP contribution in [0.3, 0.4) is 0 Å². The van der Waals surface area contributed by atoms with Crippen molar-refractivity contribution in [3.8, 4) is 0 Å². The van der Waals surface area contributed by atoms with Crippen molar-refractivity contribution in [2.45, 2.75) is 0 Å². The molecule has 1 heterocycles. The van der Waals surface area contributed by atoms with Gasteiger partial charge in [0.2, 0.25) is 0 Å². The van der Waals surface area contributed by atoms with E-state index in [4.69, 9.17) is 27.4 Å². The summed E-state index contributed by atoms with van der Waals surface area (Å²) < 4.78 is 1.46. The highest BCUT2D eigenvalue weighted by atomic mass is 35.5. The largest absolute Gasteiger partial charge is 0.489 e. The standard InChI is InChI=1S/C8H7BClNO2S/c10-8-3-5-6(9(12)13)1-4(11)2-7(5)14-8/h1-3,12-13H,11H2. The second-order valence-corrected chi connectivity index (χ2v) is 4.66. The SMILES string of the molecule is Nc1cc(B(O)O)c2cc(Cl)sc2c1. The van der Waals surface area contributed by atoms with Gasteiger partial charge in [-0.1, -0.05) is 11.6 Å². The third-order valence-corrected chi connectivity index (χ3v) is 3.15. The molecule has 0 spiro atoms. The van der Waals surface area contributed by atoms with E-state index in [2.05, 4.69) is 0 Å². The molecule has 0 atom stereocenters. The quantitative estimate of drug-likeness (QED) is 0.499. The van der Waals surface area contributed by atoms with Gasteiger partial charge < -0.3 is 15.8 Å². The predicted octanol–water partition coefficient (Wildman–Crippen LogP) is 0.817. The van der Waals surface area contributed by atoms with Crippen LogP contribution in [0.2, 0.25) is 4.34 Å². The molecule has 0 saturated heterocycles. The van der Waals surface area contributed by atoms with Crippen LogP contribution in [0.4, 0.5) is 5.69 Å². The lowest BCUT2D eigenvalue weighted by Gasteiger charge is -2.02. The monoisotopic (exact) mass is 227 g/mol. The van der Waals surface area contributed by atoms with E-state index in [1.807, 2.05) is 0 Å². The van der Waals surface area contributed by atoms with Gasteiger partial charge in [0.25, 0.3) is 0 Å². The van der Waals surface area contributed by atoms with Crippen molar-refractivity contribution in [1.29, 1.82) is 0 Å². The second-order valence-electron chi connectivity index (χ2n) is 2.95. The molecule has 1 aromatic heterocycles. The minimum atomic E-state index is -1.52. The van der Waals surface area contributed by atoms with Crippen molar-refractivity contribution < 1.29 is 10.0 Å². The zero-order chi connectivity index (χ0) is 10.3. The van der Waals surface area contributed by atoms with Crippen LogP contribution in [-0.2, 0) is 0 Å². The van der Waals surface area contributed by atoms with Gasteiger partial charge in [-0.2, -0.15) is 0 Å². The van der Waals surface area contributed by atoms with Crippen LogP contribution in [0.25, 0.3) is 10.1 Å². The molecule has 6 heteroatoms. The number of halogens is 1. The first-order valence-corrected chi connectivity index (χ1v) is 5.12. The maximum atomic E-state index is 9.12. The molecule has 1 aromatic carbocycles. The fourth-order valence-corrected chi connectivity index (χ4v) is 2.60. The summed E-state index contributed by atoms with van der Waals surface area (Å²) in [6.45, 7) is 0. The Morgan fingerprint density at radius 2 is 2.00 bits per heavy atom. The molecular formula is C8H7BClNO2S. The van der Waals surface area contributed by atoms with Gasteiger partial charge in [0.05, 0.1) is 4.34 Å². The van der Waals surface area contributed by atoms with E-state index in [0.29, 0.717) is 15.5 Å². The third-order valence-electron chi connectivity index (χ3n) is 1.94. The fraction of sp³-hybridized carbons (Fsp3) is 0. The number of thiophene rings is 1. The minimum absolute atomic E-state index is 0.392. The van der Waals surface area contributed by atoms with Crippen molar-refractivity contribution in [2.24, 2.45) is 0 Å². The number of hydrogen-bond acceptors (Lipinski definition) is 4. The van der Waals surface area contributed by atoms with Crippen molar-refractivity contribution in [1.82, 2.24) is 0 Å². The van der Waals surface area contributed by atoms with Gasteiger partial charge in [0.15, 0.2) is 0 Å². The lowest BCUT2D eigenvalue weighted by molar-refractivity contribution is 0.426. The van der Waals surface area contributed by atoms with Crippen LogP contribution in [0.1, 0.15) is 0 Å². The summed E-state index contributed by atoms with van der Waals surface area (Å²) >= 11 is 7.19. The second kappa shape index (κ2) is 3.44. The summed E-state index contributed by atoms with van der Waals surface area (Å²) in [6.07, 6.45) is 0. The summed E-state index contributed by atoms with van der Waals surface area (Å²) in [5.41, 5.74) is 6.50. The molecule has 0 bridgehead atoms. The first-order chi connectivity index (χ1) is 6.58. The Balaban J connectivity index is 2.79. The van der Waals surface area contributed by atoms with E-state index in [0.717, 1.165) is 10.1 Å². The number of hydrogen-bond donors (Lipinski definition) is 3. The van der Waals surface area contributed by atoms with Crippen molar-refractivity contribution in [3.63, 3.8) is 0 Å². The van der Waals surface area contributed by atoms with Crippen molar-refractivity contribution in [3.05, 3.63) is 22.5 Å². The van der Waals surface area contributed by atoms with Crippen LogP contribution in [0.5, 0.6) is 0 Å². The van der Waals surface area contributed by atoms with Gasteiger partial charge >= 0.3 is 7.12 Å². The topological polar surface area (TPSA) is 66.5 Å². The number of anilines is 1. The molecule has 4 N–H and O–H groups in total. The van der Waals surface area contributed by atoms with E-state index in [1.54, 1.807) is 12.1 Å². The van der Waals surface area contributed by atoms with E-state index in [-0.39, 0.29) is 0 Å². The molecule has 3 nitrogen and oxygen atoms in total. The summed E-state index contributed by atoms with van der Waals surface area (Å²) in [5, 5.41) is 19.0. The number of rotatable bonds is 1. The maximum Gasteiger partial charge on any atom is 0.489 e. The Morgan fingerprint density at radius 1 is 1.29 bits per heavy atom. The molecule has 0 fully saturated rings.